The molecule has 3 atom stereocenters. The molecule has 4 rings (SSSR count). The van der Waals surface area contributed by atoms with E-state index in [1.165, 1.54) is 17.4 Å². The first-order chi connectivity index (χ1) is 18.3. The van der Waals surface area contributed by atoms with E-state index >= 15 is 0 Å². The summed E-state index contributed by atoms with van der Waals surface area (Å²) < 4.78 is 5.56. The number of imidazole rings is 1. The number of nitrogens with two attached hydrogens (primary N) is 1. The van der Waals surface area contributed by atoms with Crippen molar-refractivity contribution in [2.75, 3.05) is 19.7 Å². The van der Waals surface area contributed by atoms with Crippen LogP contribution in [0.2, 0.25) is 0 Å². The Balaban J connectivity index is 1.34. The fraction of sp³-hybridized carbons (Fsp3) is 0.440. The molecule has 2 aliphatic heterocycles. The van der Waals surface area contributed by atoms with E-state index in [0.717, 1.165) is 10.5 Å². The highest BCUT2D eigenvalue weighted by Crippen LogP contribution is 2.19. The quantitative estimate of drug-likeness (QED) is 0.284. The fourth-order valence-corrected chi connectivity index (χ4v) is 4.60. The Morgan fingerprint density at radius 3 is 2.68 bits per heavy atom. The van der Waals surface area contributed by atoms with Crippen LogP contribution < -0.4 is 16.4 Å². The molecule has 6 amide bonds. The van der Waals surface area contributed by atoms with Crippen molar-refractivity contribution in [3.05, 3.63) is 54.1 Å². The van der Waals surface area contributed by atoms with Crippen LogP contribution in [0.15, 0.2) is 42.9 Å². The Morgan fingerprint density at radius 1 is 1.21 bits per heavy atom. The number of carbonyl (C=O) groups excluding carboxylic acids is 5. The van der Waals surface area contributed by atoms with Gasteiger partial charge in [0.25, 0.3) is 0 Å². The largest absolute Gasteiger partial charge is 0.375 e. The number of rotatable bonds is 11. The van der Waals surface area contributed by atoms with Crippen LogP contribution in [-0.2, 0) is 36.9 Å². The molecular formula is C25H31N7O6. The number of amides is 6. The summed E-state index contributed by atoms with van der Waals surface area (Å²) in [5.74, 6) is -2.29. The highest BCUT2D eigenvalue weighted by Gasteiger charge is 2.40. The summed E-state index contributed by atoms with van der Waals surface area (Å²) in [5.41, 5.74) is 7.02. The smallest absolute Gasteiger partial charge is 0.324 e. The Hall–Kier alpha value is -4.26. The summed E-state index contributed by atoms with van der Waals surface area (Å²) in [5, 5.41) is 5.18. The second-order valence-corrected chi connectivity index (χ2v) is 9.22. The normalized spacial score (nSPS) is 20.2. The van der Waals surface area contributed by atoms with E-state index in [4.69, 9.17) is 10.5 Å². The van der Waals surface area contributed by atoms with Crippen LogP contribution in [0, 0.1) is 0 Å². The fourth-order valence-electron chi connectivity index (χ4n) is 4.60. The van der Waals surface area contributed by atoms with Gasteiger partial charge in [0, 0.05) is 24.9 Å². The van der Waals surface area contributed by atoms with Gasteiger partial charge < -0.3 is 31.0 Å². The molecule has 5 N–H and O–H groups in total. The predicted molar refractivity (Wildman–Crippen MR) is 133 cm³/mol. The van der Waals surface area contributed by atoms with Crippen LogP contribution in [0.25, 0.3) is 0 Å². The first kappa shape index (κ1) is 26.8. The summed E-state index contributed by atoms with van der Waals surface area (Å²) in [6.45, 7) is 0.857. The third kappa shape index (κ3) is 6.54. The van der Waals surface area contributed by atoms with Crippen LogP contribution in [-0.4, -0.2) is 87.2 Å². The molecule has 1 aromatic heterocycles. The van der Waals surface area contributed by atoms with E-state index in [1.54, 1.807) is 0 Å². The van der Waals surface area contributed by atoms with Gasteiger partial charge in [0.2, 0.25) is 23.6 Å². The minimum atomic E-state index is -1.15. The third-order valence-electron chi connectivity index (χ3n) is 6.57. The third-order valence-corrected chi connectivity index (χ3v) is 6.57. The number of urea groups is 1. The van der Waals surface area contributed by atoms with E-state index in [2.05, 4.69) is 20.6 Å². The van der Waals surface area contributed by atoms with E-state index in [9.17, 15) is 24.0 Å². The standard InChI is InChI=1S/C25H31N7O6/c26-22(34)20-7-4-8-31(20)24(36)19(11-17-13-27-15-28-17)29-23(35)18-12-21(33)32(25(37)30-18)9-10-38-14-16-5-2-1-3-6-16/h1-3,5-6,13,15,18-20H,4,7-12,14H2,(H2,26,34)(H,27,28)(H,29,35)(H,30,37)/t18?,19-,20-/m0/s1. The maximum absolute atomic E-state index is 13.3. The lowest BCUT2D eigenvalue weighted by molar-refractivity contribution is -0.141. The highest BCUT2D eigenvalue weighted by atomic mass is 16.5. The molecule has 202 valence electrons. The Labute approximate surface area is 219 Å². The lowest BCUT2D eigenvalue weighted by Crippen LogP contribution is -2.62. The van der Waals surface area contributed by atoms with Gasteiger partial charge in [-0.25, -0.2) is 9.78 Å². The monoisotopic (exact) mass is 525 g/mol. The average molecular weight is 526 g/mol. The van der Waals surface area contributed by atoms with Gasteiger partial charge in [0.15, 0.2) is 0 Å². The number of likely N-dealkylation sites (tertiary alicyclic amines) is 1. The number of hydrogen-bond acceptors (Lipinski definition) is 7. The van der Waals surface area contributed by atoms with Gasteiger partial charge in [-0.3, -0.25) is 24.1 Å². The molecule has 13 heteroatoms. The number of aromatic nitrogens is 2. The first-order valence-electron chi connectivity index (χ1n) is 12.4. The number of H-pyrrole nitrogens is 1. The Morgan fingerprint density at radius 2 is 2.00 bits per heavy atom. The molecule has 2 aromatic rings. The number of carbonyl (C=O) groups is 5. The zero-order valence-corrected chi connectivity index (χ0v) is 20.8. The molecule has 2 fully saturated rings. The van der Waals surface area contributed by atoms with Crippen molar-refractivity contribution < 1.29 is 28.7 Å². The lowest BCUT2D eigenvalue weighted by Gasteiger charge is -2.32. The summed E-state index contributed by atoms with van der Waals surface area (Å²) >= 11 is 0. The summed E-state index contributed by atoms with van der Waals surface area (Å²) in [6, 6.07) is 5.81. The van der Waals surface area contributed by atoms with E-state index in [0.29, 0.717) is 31.7 Å². The Kier molecular flexibility index (Phi) is 8.69. The molecule has 38 heavy (non-hydrogen) atoms. The van der Waals surface area contributed by atoms with Gasteiger partial charge in [0.05, 0.1) is 32.5 Å². The Bertz CT molecular complexity index is 1140. The minimum Gasteiger partial charge on any atom is -0.375 e. The number of primary amides is 1. The zero-order valence-electron chi connectivity index (χ0n) is 20.8. The number of benzene rings is 1. The molecule has 1 unspecified atom stereocenters. The van der Waals surface area contributed by atoms with Crippen molar-refractivity contribution in [1.82, 2.24) is 30.4 Å². The van der Waals surface area contributed by atoms with Gasteiger partial charge in [-0.05, 0) is 18.4 Å². The molecule has 2 saturated heterocycles. The maximum Gasteiger partial charge on any atom is 0.324 e. The van der Waals surface area contributed by atoms with Crippen LogP contribution in [0.5, 0.6) is 0 Å². The number of imide groups is 1. The van der Waals surface area contributed by atoms with Crippen molar-refractivity contribution in [2.45, 2.75) is 50.4 Å². The van der Waals surface area contributed by atoms with E-state index in [1.807, 2.05) is 30.3 Å². The van der Waals surface area contributed by atoms with Gasteiger partial charge >= 0.3 is 6.03 Å². The molecule has 13 nitrogen and oxygen atoms in total. The molecule has 1 aromatic carbocycles. The molecule has 3 heterocycles. The average Bonchev–Trinajstić information content (AvgIpc) is 3.60. The zero-order chi connectivity index (χ0) is 27.1. The molecule has 0 bridgehead atoms. The number of hydrogen-bond donors (Lipinski definition) is 4. The number of ether oxygens (including phenoxy) is 1. The van der Waals surface area contributed by atoms with Gasteiger partial charge in [-0.1, -0.05) is 30.3 Å². The number of aromatic amines is 1. The SMILES string of the molecule is NC(=O)[C@@H]1CCCN1C(=O)[C@H](Cc1cnc[nH]1)NC(=O)C1CC(=O)N(CCOCc2ccccc2)C(=O)N1. The van der Waals surface area contributed by atoms with Gasteiger partial charge in [-0.15, -0.1) is 0 Å². The molecule has 0 saturated carbocycles. The summed E-state index contributed by atoms with van der Waals surface area (Å²) in [6.07, 6.45) is 3.83. The minimum absolute atomic E-state index is 0.0379. The molecule has 2 aliphatic rings. The topological polar surface area (TPSA) is 180 Å². The molecular weight excluding hydrogens is 494 g/mol. The van der Waals surface area contributed by atoms with Crippen LogP contribution >= 0.6 is 0 Å². The molecule has 0 radical (unpaired) electrons. The highest BCUT2D eigenvalue weighted by molar-refractivity contribution is 6.03. The second kappa shape index (κ2) is 12.3. The van der Waals surface area contributed by atoms with Gasteiger partial charge in [0.1, 0.15) is 18.1 Å². The van der Waals surface area contributed by atoms with Crippen molar-refractivity contribution in [1.29, 1.82) is 0 Å². The van der Waals surface area contributed by atoms with Crippen LogP contribution in [0.1, 0.15) is 30.5 Å². The maximum atomic E-state index is 13.3. The van der Waals surface area contributed by atoms with Crippen LogP contribution in [0.3, 0.4) is 0 Å². The van der Waals surface area contributed by atoms with Gasteiger partial charge in [-0.2, -0.15) is 0 Å². The second-order valence-electron chi connectivity index (χ2n) is 9.22. The van der Waals surface area contributed by atoms with Crippen molar-refractivity contribution in [2.24, 2.45) is 5.73 Å². The predicted octanol–water partition coefficient (Wildman–Crippen LogP) is -0.559. The number of nitrogens with one attached hydrogen (secondary N) is 3. The summed E-state index contributed by atoms with van der Waals surface area (Å²) in [7, 11) is 0. The summed E-state index contributed by atoms with van der Waals surface area (Å²) in [4.78, 5) is 72.7. The lowest BCUT2D eigenvalue weighted by atomic mass is 10.1. The van der Waals surface area contributed by atoms with Crippen molar-refractivity contribution in [3.63, 3.8) is 0 Å². The van der Waals surface area contributed by atoms with Crippen molar-refractivity contribution in [3.8, 4) is 0 Å². The molecule has 0 spiro atoms. The van der Waals surface area contributed by atoms with Crippen molar-refractivity contribution >= 4 is 29.7 Å². The van der Waals surface area contributed by atoms with E-state index in [-0.39, 0.29) is 26.0 Å². The molecule has 0 aliphatic carbocycles. The first-order valence-corrected chi connectivity index (χ1v) is 12.4. The number of nitrogens with zero attached hydrogens (tertiary/aromatic N) is 3. The van der Waals surface area contributed by atoms with Crippen LogP contribution in [0.4, 0.5) is 4.79 Å². The van der Waals surface area contributed by atoms with E-state index < -0.39 is 47.8 Å².